The topological polar surface area (TPSA) is 53.0 Å². The molecular formula is C15H28N2O3. The molecule has 5 nitrogen and oxygen atoms in total. The fraction of sp³-hybridized carbons (Fsp3) is 0.933. The van der Waals surface area contributed by atoms with Crippen molar-refractivity contribution in [2.45, 2.75) is 38.7 Å². The molecule has 2 atom stereocenters. The quantitative estimate of drug-likeness (QED) is 0.808. The molecule has 116 valence electrons. The predicted octanol–water partition coefficient (Wildman–Crippen LogP) is 0.718. The second-order valence-corrected chi connectivity index (χ2v) is 6.05. The van der Waals surface area contributed by atoms with E-state index in [9.17, 15) is 4.79 Å². The maximum absolute atomic E-state index is 11.4. The SMILES string of the molecule is CC1CCCCC1OCCN1CCN(C(=O)CO)CC1. The lowest BCUT2D eigenvalue weighted by molar-refractivity contribution is -0.136. The van der Waals surface area contributed by atoms with Gasteiger partial charge in [-0.2, -0.15) is 0 Å². The highest BCUT2D eigenvalue weighted by Crippen LogP contribution is 2.26. The largest absolute Gasteiger partial charge is 0.387 e. The Kier molecular flexibility index (Phi) is 6.26. The van der Waals surface area contributed by atoms with Crippen molar-refractivity contribution >= 4 is 5.91 Å². The predicted molar refractivity (Wildman–Crippen MR) is 77.5 cm³/mol. The van der Waals surface area contributed by atoms with E-state index >= 15 is 0 Å². The molecule has 1 aliphatic heterocycles. The van der Waals surface area contributed by atoms with E-state index in [1.165, 1.54) is 25.7 Å². The Bertz CT molecular complexity index is 303. The summed E-state index contributed by atoms with van der Waals surface area (Å²) < 4.78 is 6.03. The van der Waals surface area contributed by atoms with Gasteiger partial charge in [-0.15, -0.1) is 0 Å². The van der Waals surface area contributed by atoms with Crippen LogP contribution in [0.4, 0.5) is 0 Å². The molecule has 1 saturated heterocycles. The standard InChI is InChI=1S/C15H28N2O3/c1-13-4-2-3-5-14(13)20-11-10-16-6-8-17(9-7-16)15(19)12-18/h13-14,18H,2-12H2,1H3. The molecule has 1 aliphatic carbocycles. The maximum Gasteiger partial charge on any atom is 0.248 e. The summed E-state index contributed by atoms with van der Waals surface area (Å²) in [5, 5.41) is 8.84. The highest BCUT2D eigenvalue weighted by atomic mass is 16.5. The first-order chi connectivity index (χ1) is 9.70. The Balaban J connectivity index is 1.60. The van der Waals surface area contributed by atoms with Crippen LogP contribution >= 0.6 is 0 Å². The van der Waals surface area contributed by atoms with Crippen molar-refractivity contribution in [1.29, 1.82) is 0 Å². The van der Waals surface area contributed by atoms with Crippen molar-refractivity contribution in [2.75, 3.05) is 45.9 Å². The van der Waals surface area contributed by atoms with Gasteiger partial charge in [0.25, 0.3) is 0 Å². The van der Waals surface area contributed by atoms with Gasteiger partial charge in [0.15, 0.2) is 0 Å². The summed E-state index contributed by atoms with van der Waals surface area (Å²) >= 11 is 0. The van der Waals surface area contributed by atoms with Gasteiger partial charge in [-0.1, -0.05) is 19.8 Å². The van der Waals surface area contributed by atoms with Crippen molar-refractivity contribution in [3.63, 3.8) is 0 Å². The number of aliphatic hydroxyl groups is 1. The number of hydrogen-bond donors (Lipinski definition) is 1. The molecule has 2 aliphatic rings. The molecule has 2 fully saturated rings. The third-order valence-corrected chi connectivity index (χ3v) is 4.63. The molecule has 0 radical (unpaired) electrons. The van der Waals surface area contributed by atoms with Crippen LogP contribution in [0.1, 0.15) is 32.6 Å². The van der Waals surface area contributed by atoms with E-state index in [0.717, 1.165) is 39.3 Å². The molecule has 1 amide bonds. The van der Waals surface area contributed by atoms with E-state index in [-0.39, 0.29) is 12.5 Å². The summed E-state index contributed by atoms with van der Waals surface area (Å²) in [7, 11) is 0. The summed E-state index contributed by atoms with van der Waals surface area (Å²) in [5.74, 6) is 0.541. The molecule has 5 heteroatoms. The lowest BCUT2D eigenvalue weighted by Gasteiger charge is -2.35. The first-order valence-electron chi connectivity index (χ1n) is 7.93. The number of nitrogens with zero attached hydrogens (tertiary/aromatic N) is 2. The van der Waals surface area contributed by atoms with E-state index in [4.69, 9.17) is 9.84 Å². The van der Waals surface area contributed by atoms with Crippen molar-refractivity contribution < 1.29 is 14.6 Å². The van der Waals surface area contributed by atoms with Gasteiger partial charge in [-0.25, -0.2) is 0 Å². The third-order valence-electron chi connectivity index (χ3n) is 4.63. The van der Waals surface area contributed by atoms with Crippen molar-refractivity contribution in [2.24, 2.45) is 5.92 Å². The molecule has 1 heterocycles. The van der Waals surface area contributed by atoms with Crippen LogP contribution in [0.5, 0.6) is 0 Å². The van der Waals surface area contributed by atoms with E-state index in [1.807, 2.05) is 0 Å². The number of carbonyl (C=O) groups excluding carboxylic acids is 1. The van der Waals surface area contributed by atoms with Crippen molar-refractivity contribution in [3.05, 3.63) is 0 Å². The first-order valence-corrected chi connectivity index (χ1v) is 7.93. The van der Waals surface area contributed by atoms with E-state index in [2.05, 4.69) is 11.8 Å². The Labute approximate surface area is 121 Å². The molecular weight excluding hydrogens is 256 g/mol. The third kappa shape index (κ3) is 4.43. The van der Waals surface area contributed by atoms with Crippen molar-refractivity contribution in [3.8, 4) is 0 Å². The molecule has 0 aromatic heterocycles. The summed E-state index contributed by atoms with van der Waals surface area (Å²) in [5.41, 5.74) is 0. The van der Waals surface area contributed by atoms with Crippen LogP contribution in [-0.2, 0) is 9.53 Å². The van der Waals surface area contributed by atoms with Crippen LogP contribution in [0.15, 0.2) is 0 Å². The molecule has 0 aromatic rings. The zero-order chi connectivity index (χ0) is 14.4. The average molecular weight is 284 g/mol. The van der Waals surface area contributed by atoms with Crippen LogP contribution < -0.4 is 0 Å². The van der Waals surface area contributed by atoms with Gasteiger partial charge in [0.2, 0.25) is 5.91 Å². The first kappa shape index (κ1) is 15.7. The summed E-state index contributed by atoms with van der Waals surface area (Å²) in [6, 6.07) is 0. The summed E-state index contributed by atoms with van der Waals surface area (Å²) in [6.07, 6.45) is 5.60. The Morgan fingerprint density at radius 1 is 1.20 bits per heavy atom. The number of aliphatic hydroxyl groups excluding tert-OH is 1. The van der Waals surface area contributed by atoms with Crippen LogP contribution in [0.25, 0.3) is 0 Å². The van der Waals surface area contributed by atoms with E-state index < -0.39 is 0 Å². The summed E-state index contributed by atoms with van der Waals surface area (Å²) in [6.45, 7) is 6.88. The number of amides is 1. The summed E-state index contributed by atoms with van der Waals surface area (Å²) in [4.78, 5) is 15.4. The lowest BCUT2D eigenvalue weighted by atomic mass is 9.88. The highest BCUT2D eigenvalue weighted by molar-refractivity contribution is 5.77. The number of piperazine rings is 1. The normalized spacial score (nSPS) is 28.6. The molecule has 2 unspecified atom stereocenters. The second kappa shape index (κ2) is 7.96. The number of ether oxygens (including phenoxy) is 1. The number of rotatable bonds is 5. The number of carbonyl (C=O) groups is 1. The van der Waals surface area contributed by atoms with E-state index in [1.54, 1.807) is 4.90 Å². The van der Waals surface area contributed by atoms with Crippen LogP contribution in [0.3, 0.4) is 0 Å². The molecule has 0 spiro atoms. The molecule has 2 rings (SSSR count). The fourth-order valence-corrected chi connectivity index (χ4v) is 3.18. The zero-order valence-electron chi connectivity index (χ0n) is 12.6. The van der Waals surface area contributed by atoms with Crippen LogP contribution in [0, 0.1) is 5.92 Å². The lowest BCUT2D eigenvalue weighted by Crippen LogP contribution is -2.50. The van der Waals surface area contributed by atoms with Gasteiger partial charge in [0.1, 0.15) is 6.61 Å². The van der Waals surface area contributed by atoms with Gasteiger partial charge in [0, 0.05) is 32.7 Å². The monoisotopic (exact) mass is 284 g/mol. The van der Waals surface area contributed by atoms with Gasteiger partial charge in [-0.3, -0.25) is 9.69 Å². The number of hydrogen-bond acceptors (Lipinski definition) is 4. The minimum Gasteiger partial charge on any atom is -0.387 e. The zero-order valence-corrected chi connectivity index (χ0v) is 12.6. The molecule has 20 heavy (non-hydrogen) atoms. The minimum atomic E-state index is -0.372. The highest BCUT2D eigenvalue weighted by Gasteiger charge is 2.23. The second-order valence-electron chi connectivity index (χ2n) is 6.05. The Morgan fingerprint density at radius 3 is 2.55 bits per heavy atom. The van der Waals surface area contributed by atoms with E-state index in [0.29, 0.717) is 12.0 Å². The van der Waals surface area contributed by atoms with Crippen molar-refractivity contribution in [1.82, 2.24) is 9.80 Å². The fourth-order valence-electron chi connectivity index (χ4n) is 3.18. The average Bonchev–Trinajstić information content (AvgIpc) is 2.49. The molecule has 0 aromatic carbocycles. The Hall–Kier alpha value is -0.650. The maximum atomic E-state index is 11.4. The Morgan fingerprint density at radius 2 is 1.90 bits per heavy atom. The van der Waals surface area contributed by atoms with Crippen LogP contribution in [0.2, 0.25) is 0 Å². The van der Waals surface area contributed by atoms with Gasteiger partial charge < -0.3 is 14.7 Å². The molecule has 1 saturated carbocycles. The van der Waals surface area contributed by atoms with Gasteiger partial charge in [0.05, 0.1) is 12.7 Å². The molecule has 0 bridgehead atoms. The van der Waals surface area contributed by atoms with Gasteiger partial charge in [-0.05, 0) is 18.8 Å². The smallest absolute Gasteiger partial charge is 0.248 e. The van der Waals surface area contributed by atoms with Crippen LogP contribution in [-0.4, -0.2) is 72.9 Å². The van der Waals surface area contributed by atoms with Gasteiger partial charge >= 0.3 is 0 Å². The minimum absolute atomic E-state index is 0.156. The molecule has 1 N–H and O–H groups in total.